The van der Waals surface area contributed by atoms with Crippen molar-refractivity contribution in [1.82, 2.24) is 0 Å². The number of rotatable bonds is 2. The summed E-state index contributed by atoms with van der Waals surface area (Å²) in [5, 5.41) is 2.96. The van der Waals surface area contributed by atoms with Crippen LogP contribution in [0, 0.1) is 77.8 Å². The van der Waals surface area contributed by atoms with Gasteiger partial charge in [-0.15, -0.1) is 0 Å². The summed E-state index contributed by atoms with van der Waals surface area (Å²) >= 11 is 4.58. The second kappa shape index (κ2) is 16.2. The summed E-state index contributed by atoms with van der Waals surface area (Å²) in [7, 11) is 0.120. The number of aryl methyl sites for hydroxylation is 6. The molecule has 0 heterocycles. The van der Waals surface area contributed by atoms with Crippen LogP contribution >= 0.6 is 0 Å². The van der Waals surface area contributed by atoms with E-state index in [1.54, 1.807) is 0 Å². The molecule has 2 aromatic carbocycles. The van der Waals surface area contributed by atoms with Gasteiger partial charge in [-0.1, -0.05) is 54.3 Å². The van der Waals surface area contributed by atoms with Gasteiger partial charge in [-0.2, -0.15) is 0 Å². The van der Waals surface area contributed by atoms with Gasteiger partial charge in [0.25, 0.3) is 0 Å². The fraction of sp³-hybridized carbons (Fsp3) is 0.438. The van der Waals surface area contributed by atoms with E-state index in [1.165, 1.54) is 73.3 Å². The molecule has 195 valence electrons. The van der Waals surface area contributed by atoms with Gasteiger partial charge in [-0.05, 0) is 29.6 Å². The summed E-state index contributed by atoms with van der Waals surface area (Å²) in [6.45, 7) is 34.6. The van der Waals surface area contributed by atoms with Crippen LogP contribution < -0.4 is 10.4 Å². The van der Waals surface area contributed by atoms with Gasteiger partial charge in [0, 0.05) is 8.80 Å². The molecule has 1 fully saturated rings. The third kappa shape index (κ3) is 9.78. The zero-order valence-corrected chi connectivity index (χ0v) is 28.2. The Balaban J connectivity index is 0.000000637. The fourth-order valence-corrected chi connectivity index (χ4v) is 9.06. The monoisotopic (exact) mass is 558 g/mol. The summed E-state index contributed by atoms with van der Waals surface area (Å²) in [6, 6.07) is 9.15. The van der Waals surface area contributed by atoms with Crippen LogP contribution in [0.2, 0.25) is 19.6 Å². The molecule has 1 aliphatic rings. The Morgan fingerprint density at radius 3 is 0.833 bits per heavy atom. The summed E-state index contributed by atoms with van der Waals surface area (Å²) in [5.74, 6) is 7.34. The molecule has 0 aliphatic heterocycles. The summed E-state index contributed by atoms with van der Waals surface area (Å²) in [6.07, 6.45) is 0. The molecule has 0 amide bonds. The van der Waals surface area contributed by atoms with Gasteiger partial charge in [-0.25, -0.2) is 0 Å². The van der Waals surface area contributed by atoms with Crippen LogP contribution in [0.25, 0.3) is 0 Å². The average molecular weight is 559 g/mol. The first-order chi connectivity index (χ1) is 16.6. The SMILES string of the molecule is C[C]1[C](C)[C](C)[C](C)[C]1C.C[Si](C)C.Cc1cc(C)c([Si](=[Fe+])c2c(C)cc(C)cc2C)c(C)c1.[C-]#[O+]. The van der Waals surface area contributed by atoms with E-state index in [2.05, 4.69) is 142 Å². The topological polar surface area (TPSA) is 19.9 Å². The van der Waals surface area contributed by atoms with Crippen molar-refractivity contribution in [3.63, 3.8) is 0 Å². The van der Waals surface area contributed by atoms with Crippen LogP contribution in [-0.4, -0.2) is 15.7 Å². The second-order valence-electron chi connectivity index (χ2n) is 10.5. The molecular weight excluding hydrogens is 512 g/mol. The molecule has 1 aliphatic carbocycles. The predicted molar refractivity (Wildman–Crippen MR) is 158 cm³/mol. The zero-order valence-electron chi connectivity index (χ0n) is 25.1. The minimum atomic E-state index is -0.948. The van der Waals surface area contributed by atoms with Gasteiger partial charge >= 0.3 is 143 Å². The third-order valence-electron chi connectivity index (χ3n) is 6.59. The van der Waals surface area contributed by atoms with Crippen LogP contribution in [0.1, 0.15) is 68.0 Å². The molecule has 1 saturated carbocycles. The van der Waals surface area contributed by atoms with Crippen LogP contribution in [0.5, 0.6) is 0 Å². The van der Waals surface area contributed by atoms with Gasteiger partial charge in [0.2, 0.25) is 0 Å². The van der Waals surface area contributed by atoms with Crippen molar-refractivity contribution in [3.05, 3.63) is 93.9 Å². The second-order valence-corrected chi connectivity index (χ2v) is 16.7. The molecule has 0 unspecified atom stereocenters. The van der Waals surface area contributed by atoms with Gasteiger partial charge in [-0.3, -0.25) is 0 Å². The van der Waals surface area contributed by atoms with Crippen molar-refractivity contribution in [2.24, 2.45) is 0 Å². The van der Waals surface area contributed by atoms with E-state index in [9.17, 15) is 0 Å². The normalized spacial score (nSPS) is 14.9. The van der Waals surface area contributed by atoms with E-state index in [0.29, 0.717) is 0 Å². The van der Waals surface area contributed by atoms with E-state index < -0.39 is 6.94 Å². The fourth-order valence-electron chi connectivity index (χ4n) is 4.56. The number of hydrogen-bond donors (Lipinski definition) is 0. The van der Waals surface area contributed by atoms with Gasteiger partial charge in [0.15, 0.2) is 0 Å². The predicted octanol–water partition coefficient (Wildman–Crippen LogP) is 7.49. The van der Waals surface area contributed by atoms with E-state index >= 15 is 0 Å². The Bertz CT molecular complexity index is 871. The van der Waals surface area contributed by atoms with Crippen molar-refractivity contribution < 1.29 is 19.5 Å². The van der Waals surface area contributed by atoms with Gasteiger partial charge in [0.05, 0.1) is 0 Å². The van der Waals surface area contributed by atoms with Crippen LogP contribution in [0.4, 0.5) is 0 Å². The van der Waals surface area contributed by atoms with Crippen LogP contribution in [-0.2, 0) is 19.5 Å². The first-order valence-corrected chi connectivity index (χ1v) is 18.5. The van der Waals surface area contributed by atoms with Crippen LogP contribution in [0.15, 0.2) is 24.3 Å². The van der Waals surface area contributed by atoms with E-state index in [4.69, 9.17) is 4.65 Å². The summed E-state index contributed by atoms with van der Waals surface area (Å²) in [5.41, 5.74) is 8.26. The Labute approximate surface area is 234 Å². The molecule has 0 aromatic heterocycles. The van der Waals surface area contributed by atoms with E-state index in [-0.39, 0.29) is 8.80 Å². The van der Waals surface area contributed by atoms with Crippen molar-refractivity contribution in [2.75, 3.05) is 0 Å². The molecule has 0 N–H and O–H groups in total. The van der Waals surface area contributed by atoms with Crippen molar-refractivity contribution >= 4 is 26.1 Å². The van der Waals surface area contributed by atoms with Crippen molar-refractivity contribution in [3.8, 4) is 0 Å². The number of hydrogen-bond acceptors (Lipinski definition) is 0. The standard InChI is InChI=1S/C18H22Si.C10H15.C3H9Si.CO.Fe/c1-11-7-13(3)17(14(4)8-11)19-18-15(5)9-12(2)10-16(18)6;1-6-7(2)9(4)10(5)8(6)3;1-4(2)3;1-2;/h7-10H,1-6H3;1-5H3;1-3H3;;/q;;;;+1. The van der Waals surface area contributed by atoms with Crippen LogP contribution in [0.3, 0.4) is 0 Å². The first kappa shape index (κ1) is 35.1. The molecule has 4 heteroatoms. The molecule has 36 heavy (non-hydrogen) atoms. The first-order valence-electron chi connectivity index (χ1n) is 12.4. The maximum atomic E-state index is 7.50. The molecule has 0 atom stereocenters. The Morgan fingerprint density at radius 1 is 0.500 bits per heavy atom. The zero-order chi connectivity index (χ0) is 28.5. The Kier molecular flexibility index (Phi) is 15.8. The summed E-state index contributed by atoms with van der Waals surface area (Å²) in [4.78, 5) is 0. The molecule has 6 radical (unpaired) electrons. The average Bonchev–Trinajstić information content (AvgIpc) is 2.91. The van der Waals surface area contributed by atoms with Gasteiger partial charge in [0.1, 0.15) is 0 Å². The van der Waals surface area contributed by atoms with E-state index in [1.807, 2.05) is 0 Å². The summed E-state index contributed by atoms with van der Waals surface area (Å²) < 4.78 is 7.50. The third-order valence-corrected chi connectivity index (χ3v) is 10.7. The molecule has 0 saturated heterocycles. The Morgan fingerprint density at radius 2 is 0.667 bits per heavy atom. The van der Waals surface area contributed by atoms with Gasteiger partial charge < -0.3 is 0 Å². The number of benzene rings is 2. The molecule has 0 spiro atoms. The van der Waals surface area contributed by atoms with Crippen molar-refractivity contribution in [1.29, 1.82) is 0 Å². The quantitative estimate of drug-likeness (QED) is 0.207. The maximum absolute atomic E-state index is 7.50. The Hall–Kier alpha value is -0.867. The molecule has 2 aromatic rings. The molecule has 3 rings (SSSR count). The van der Waals surface area contributed by atoms with Crippen molar-refractivity contribution in [2.45, 2.75) is 95.8 Å². The molecule has 0 bridgehead atoms. The van der Waals surface area contributed by atoms with E-state index in [0.717, 1.165) is 0 Å². The minimum absolute atomic E-state index is 0.120. The molecule has 1 nitrogen and oxygen atoms in total. The molecular formula is C32H46FeOSi2+.